The van der Waals surface area contributed by atoms with Crippen molar-refractivity contribution in [2.45, 2.75) is 0 Å². The number of carboxylic acids is 1. The van der Waals surface area contributed by atoms with Gasteiger partial charge in [-0.2, -0.15) is 0 Å². The first kappa shape index (κ1) is 12.6. The molecular formula is C12H11N3O4. The van der Waals surface area contributed by atoms with Crippen molar-refractivity contribution in [3.63, 3.8) is 0 Å². The number of aromatic nitrogens is 2. The highest BCUT2D eigenvalue weighted by atomic mass is 16.4. The molecule has 0 bridgehead atoms. The lowest BCUT2D eigenvalue weighted by Crippen LogP contribution is -2.13. The molecule has 0 spiro atoms. The van der Waals surface area contributed by atoms with Gasteiger partial charge in [-0.1, -0.05) is 6.07 Å². The molecule has 7 nitrogen and oxygen atoms in total. The molecule has 3 N–H and O–H groups in total. The summed E-state index contributed by atoms with van der Waals surface area (Å²) in [5.41, 5.74) is -0.0861. The van der Waals surface area contributed by atoms with Crippen LogP contribution in [0.3, 0.4) is 0 Å². The number of phenols is 1. The topological polar surface area (TPSA) is 104 Å². The fraction of sp³-hybridized carbons (Fsp3) is 0.0833. The van der Waals surface area contributed by atoms with Crippen LogP contribution in [-0.4, -0.2) is 31.6 Å². The zero-order chi connectivity index (χ0) is 14.0. The Bertz CT molecular complexity index is 648. The molecule has 7 heteroatoms. The SMILES string of the molecule is Cn1cnc(C(=O)Nc2cccc(C(=O)O)c2O)c1. The van der Waals surface area contributed by atoms with E-state index in [0.717, 1.165) is 0 Å². The zero-order valence-electron chi connectivity index (χ0n) is 9.99. The summed E-state index contributed by atoms with van der Waals surface area (Å²) >= 11 is 0. The van der Waals surface area contributed by atoms with Crippen LogP contribution in [0.5, 0.6) is 5.75 Å². The van der Waals surface area contributed by atoms with E-state index in [-0.39, 0.29) is 16.9 Å². The van der Waals surface area contributed by atoms with Gasteiger partial charge in [0, 0.05) is 13.2 Å². The maximum atomic E-state index is 11.8. The number of benzene rings is 1. The van der Waals surface area contributed by atoms with Gasteiger partial charge in [-0.25, -0.2) is 9.78 Å². The lowest BCUT2D eigenvalue weighted by Gasteiger charge is -2.07. The van der Waals surface area contributed by atoms with Gasteiger partial charge < -0.3 is 20.1 Å². The minimum absolute atomic E-state index is 0.0237. The van der Waals surface area contributed by atoms with Crippen molar-refractivity contribution in [1.29, 1.82) is 0 Å². The number of para-hydroxylation sites is 1. The number of rotatable bonds is 3. The molecule has 0 saturated heterocycles. The first-order valence-corrected chi connectivity index (χ1v) is 5.33. The molecule has 19 heavy (non-hydrogen) atoms. The van der Waals surface area contributed by atoms with Crippen LogP contribution in [0.2, 0.25) is 0 Å². The summed E-state index contributed by atoms with van der Waals surface area (Å²) in [6.07, 6.45) is 2.97. The summed E-state index contributed by atoms with van der Waals surface area (Å²) < 4.78 is 1.60. The Kier molecular flexibility index (Phi) is 3.19. The Balaban J connectivity index is 2.27. The van der Waals surface area contributed by atoms with E-state index < -0.39 is 17.6 Å². The van der Waals surface area contributed by atoms with Crippen molar-refractivity contribution < 1.29 is 19.8 Å². The molecule has 2 rings (SSSR count). The number of hydrogen-bond donors (Lipinski definition) is 3. The molecule has 0 aliphatic carbocycles. The number of imidazole rings is 1. The van der Waals surface area contributed by atoms with E-state index in [9.17, 15) is 14.7 Å². The van der Waals surface area contributed by atoms with E-state index in [1.807, 2.05) is 0 Å². The van der Waals surface area contributed by atoms with Gasteiger partial charge in [0.1, 0.15) is 11.3 Å². The average molecular weight is 261 g/mol. The molecule has 0 aliphatic rings. The minimum atomic E-state index is -1.27. The second kappa shape index (κ2) is 4.81. The Morgan fingerprint density at radius 2 is 2.11 bits per heavy atom. The highest BCUT2D eigenvalue weighted by molar-refractivity contribution is 6.05. The molecule has 2 aromatic rings. The van der Waals surface area contributed by atoms with Gasteiger partial charge in [0.25, 0.3) is 5.91 Å². The van der Waals surface area contributed by atoms with Crippen LogP contribution in [0.25, 0.3) is 0 Å². The van der Waals surface area contributed by atoms with Crippen molar-refractivity contribution in [3.8, 4) is 5.75 Å². The lowest BCUT2D eigenvalue weighted by molar-refractivity contribution is 0.0693. The van der Waals surface area contributed by atoms with E-state index in [0.29, 0.717) is 0 Å². The van der Waals surface area contributed by atoms with Gasteiger partial charge in [-0.3, -0.25) is 4.79 Å². The van der Waals surface area contributed by atoms with E-state index in [1.54, 1.807) is 11.6 Å². The average Bonchev–Trinajstić information content (AvgIpc) is 2.78. The number of carbonyl (C=O) groups is 2. The Morgan fingerprint density at radius 3 is 2.68 bits per heavy atom. The van der Waals surface area contributed by atoms with Gasteiger partial charge in [0.05, 0.1) is 12.0 Å². The molecule has 1 heterocycles. The molecule has 0 radical (unpaired) electrons. The molecule has 0 aliphatic heterocycles. The number of aryl methyl sites for hydroxylation is 1. The second-order valence-corrected chi connectivity index (χ2v) is 3.89. The maximum Gasteiger partial charge on any atom is 0.339 e. The van der Waals surface area contributed by atoms with Crippen LogP contribution in [0.4, 0.5) is 5.69 Å². The Hall–Kier alpha value is -2.83. The summed E-state index contributed by atoms with van der Waals surface area (Å²) in [6.45, 7) is 0. The third-order valence-electron chi connectivity index (χ3n) is 2.45. The van der Waals surface area contributed by atoms with E-state index in [2.05, 4.69) is 10.3 Å². The van der Waals surface area contributed by atoms with E-state index in [1.165, 1.54) is 30.7 Å². The summed E-state index contributed by atoms with van der Waals surface area (Å²) in [5.74, 6) is -2.29. The summed E-state index contributed by atoms with van der Waals surface area (Å²) in [6, 6.07) is 4.08. The quantitative estimate of drug-likeness (QED) is 0.717. The van der Waals surface area contributed by atoms with E-state index in [4.69, 9.17) is 5.11 Å². The number of nitrogens with one attached hydrogen (secondary N) is 1. The molecule has 0 atom stereocenters. The fourth-order valence-corrected chi connectivity index (χ4v) is 1.53. The predicted octanol–water partition coefficient (Wildman–Crippen LogP) is 1.08. The molecule has 0 saturated carbocycles. The highest BCUT2D eigenvalue weighted by Crippen LogP contribution is 2.27. The summed E-state index contributed by atoms with van der Waals surface area (Å²) in [7, 11) is 1.71. The van der Waals surface area contributed by atoms with Crippen molar-refractivity contribution in [3.05, 3.63) is 42.0 Å². The van der Waals surface area contributed by atoms with Gasteiger partial charge >= 0.3 is 5.97 Å². The number of aromatic carboxylic acids is 1. The molecule has 1 aromatic carbocycles. The van der Waals surface area contributed by atoms with Crippen molar-refractivity contribution in [2.24, 2.45) is 7.05 Å². The van der Waals surface area contributed by atoms with Gasteiger partial charge in [0.2, 0.25) is 0 Å². The van der Waals surface area contributed by atoms with Crippen LogP contribution in [0.15, 0.2) is 30.7 Å². The lowest BCUT2D eigenvalue weighted by atomic mass is 10.1. The number of carboxylic acid groups (broad SMARTS) is 1. The van der Waals surface area contributed by atoms with Crippen molar-refractivity contribution in [1.82, 2.24) is 9.55 Å². The number of aromatic hydroxyl groups is 1. The minimum Gasteiger partial charge on any atom is -0.505 e. The van der Waals surface area contributed by atoms with Gasteiger partial charge in [-0.05, 0) is 12.1 Å². The van der Waals surface area contributed by atoms with Crippen molar-refractivity contribution >= 4 is 17.6 Å². The largest absolute Gasteiger partial charge is 0.505 e. The highest BCUT2D eigenvalue weighted by Gasteiger charge is 2.16. The molecule has 98 valence electrons. The Morgan fingerprint density at radius 1 is 1.37 bits per heavy atom. The smallest absolute Gasteiger partial charge is 0.339 e. The third kappa shape index (κ3) is 2.54. The van der Waals surface area contributed by atoms with Crippen molar-refractivity contribution in [2.75, 3.05) is 5.32 Å². The van der Waals surface area contributed by atoms with E-state index >= 15 is 0 Å². The number of nitrogens with zero attached hydrogens (tertiary/aromatic N) is 2. The maximum absolute atomic E-state index is 11.8. The normalized spacial score (nSPS) is 10.2. The number of amides is 1. The van der Waals surface area contributed by atoms with Gasteiger partial charge in [0.15, 0.2) is 5.75 Å². The first-order valence-electron chi connectivity index (χ1n) is 5.33. The number of carbonyl (C=O) groups excluding carboxylic acids is 1. The molecule has 1 aromatic heterocycles. The third-order valence-corrected chi connectivity index (χ3v) is 2.45. The molecule has 1 amide bonds. The predicted molar refractivity (Wildman–Crippen MR) is 66.2 cm³/mol. The monoisotopic (exact) mass is 261 g/mol. The standard InChI is InChI=1S/C12H11N3O4/c1-15-5-9(13-6-15)11(17)14-8-4-2-3-7(10(8)16)12(18)19/h2-6,16H,1H3,(H,14,17)(H,18,19). The first-order chi connectivity index (χ1) is 8.99. The molecule has 0 unspecified atom stereocenters. The van der Waals surface area contributed by atoms with Crippen LogP contribution < -0.4 is 5.32 Å². The summed E-state index contributed by atoms with van der Waals surface area (Å²) in [4.78, 5) is 26.5. The molecule has 0 fully saturated rings. The number of anilines is 1. The Labute approximate surface area is 108 Å². The second-order valence-electron chi connectivity index (χ2n) is 3.89. The number of hydrogen-bond acceptors (Lipinski definition) is 4. The van der Waals surface area contributed by atoms with Gasteiger partial charge in [-0.15, -0.1) is 0 Å². The summed E-state index contributed by atoms with van der Waals surface area (Å²) in [5, 5.41) is 21.0. The van der Waals surface area contributed by atoms with Crippen LogP contribution in [-0.2, 0) is 7.05 Å². The zero-order valence-corrected chi connectivity index (χ0v) is 9.99. The molecular weight excluding hydrogens is 250 g/mol. The van der Waals surface area contributed by atoms with Crippen LogP contribution in [0.1, 0.15) is 20.8 Å². The van der Waals surface area contributed by atoms with Crippen LogP contribution >= 0.6 is 0 Å². The van der Waals surface area contributed by atoms with Crippen LogP contribution in [0, 0.1) is 0 Å². The fourth-order valence-electron chi connectivity index (χ4n) is 1.53.